The first-order valence-electron chi connectivity index (χ1n) is 4.89. The summed E-state index contributed by atoms with van der Waals surface area (Å²) in [6.07, 6.45) is 1.96. The first-order chi connectivity index (χ1) is 7.35. The Balaban J connectivity index is 2.82. The largest absolute Gasteiger partial charge is 0.399 e. The third kappa shape index (κ3) is 3.27. The van der Waals surface area contributed by atoms with E-state index < -0.39 is 11.6 Å². The van der Waals surface area contributed by atoms with Gasteiger partial charge in [0.05, 0.1) is 0 Å². The molecule has 0 aliphatic heterocycles. The third-order valence-corrected chi connectivity index (χ3v) is 3.56. The van der Waals surface area contributed by atoms with Gasteiger partial charge in [-0.05, 0) is 32.2 Å². The van der Waals surface area contributed by atoms with E-state index in [-0.39, 0.29) is 16.1 Å². The number of halogens is 2. The lowest BCUT2D eigenvalue weighted by atomic mass is 10.2. The average Bonchev–Trinajstić information content (AvgIpc) is 2.16. The summed E-state index contributed by atoms with van der Waals surface area (Å²) in [6.45, 7) is 4.47. The number of anilines is 2. The maximum absolute atomic E-state index is 13.4. The van der Waals surface area contributed by atoms with Crippen molar-refractivity contribution in [1.82, 2.24) is 0 Å². The Morgan fingerprint density at radius 1 is 1.31 bits per heavy atom. The molecule has 1 aromatic carbocycles. The summed E-state index contributed by atoms with van der Waals surface area (Å²) in [5.74, 6) is -1.32. The van der Waals surface area contributed by atoms with E-state index in [2.05, 4.69) is 5.32 Å². The number of nitrogens with one attached hydrogen (secondary N) is 1. The number of nitrogen functional groups attached to an aromatic ring is 1. The Bertz CT molecular complexity index is 357. The van der Waals surface area contributed by atoms with Gasteiger partial charge < -0.3 is 11.1 Å². The monoisotopic (exact) mass is 246 g/mol. The smallest absolute Gasteiger partial charge is 0.151 e. The molecule has 1 aromatic rings. The molecule has 0 spiro atoms. The summed E-state index contributed by atoms with van der Waals surface area (Å²) in [7, 11) is 0. The van der Waals surface area contributed by atoms with E-state index in [9.17, 15) is 8.78 Å². The number of hydrogen-bond donors (Lipinski definition) is 2. The minimum atomic E-state index is -0.658. The van der Waals surface area contributed by atoms with Crippen LogP contribution < -0.4 is 11.1 Å². The molecular formula is C11H16F2N2S. The molecule has 0 atom stereocenters. The Labute approximate surface area is 98.6 Å². The van der Waals surface area contributed by atoms with Crippen molar-refractivity contribution in [2.24, 2.45) is 0 Å². The van der Waals surface area contributed by atoms with Crippen molar-refractivity contribution in [3.8, 4) is 0 Å². The number of rotatable bonds is 4. The fourth-order valence-corrected chi connectivity index (χ4v) is 1.35. The maximum atomic E-state index is 13.4. The predicted molar refractivity (Wildman–Crippen MR) is 66.9 cm³/mol. The second-order valence-corrected chi connectivity index (χ2v) is 5.69. The van der Waals surface area contributed by atoms with E-state index in [0.717, 1.165) is 12.1 Å². The van der Waals surface area contributed by atoms with Crippen LogP contribution in [0, 0.1) is 11.6 Å². The van der Waals surface area contributed by atoms with Crippen molar-refractivity contribution < 1.29 is 8.78 Å². The van der Waals surface area contributed by atoms with Crippen LogP contribution in [-0.2, 0) is 0 Å². The summed E-state index contributed by atoms with van der Waals surface area (Å²) in [6, 6.07) is 2.22. The molecule has 0 aliphatic rings. The first kappa shape index (κ1) is 13.1. The minimum absolute atomic E-state index is 0.0831. The van der Waals surface area contributed by atoms with E-state index in [0.29, 0.717) is 6.54 Å². The van der Waals surface area contributed by atoms with E-state index >= 15 is 0 Å². The molecule has 0 fully saturated rings. The highest BCUT2D eigenvalue weighted by molar-refractivity contribution is 7.99. The lowest BCUT2D eigenvalue weighted by molar-refractivity contribution is 0.586. The number of benzene rings is 1. The van der Waals surface area contributed by atoms with Crippen LogP contribution in [0.2, 0.25) is 0 Å². The molecular weight excluding hydrogens is 230 g/mol. The average molecular weight is 246 g/mol. The highest BCUT2D eigenvalue weighted by atomic mass is 32.2. The SMILES string of the molecule is CSC(C)(C)CNc1c(F)cc(N)cc1F. The van der Waals surface area contributed by atoms with Gasteiger partial charge >= 0.3 is 0 Å². The van der Waals surface area contributed by atoms with Crippen LogP contribution in [0.3, 0.4) is 0 Å². The van der Waals surface area contributed by atoms with Gasteiger partial charge in [-0.3, -0.25) is 0 Å². The fourth-order valence-electron chi connectivity index (χ4n) is 1.14. The third-order valence-electron chi connectivity index (χ3n) is 2.31. The molecule has 0 aromatic heterocycles. The molecule has 0 bridgehead atoms. The van der Waals surface area contributed by atoms with Gasteiger partial charge in [0.1, 0.15) is 5.69 Å². The molecule has 0 unspecified atom stereocenters. The van der Waals surface area contributed by atoms with Crippen LogP contribution in [0.1, 0.15) is 13.8 Å². The molecule has 3 N–H and O–H groups in total. The second-order valence-electron chi connectivity index (χ2n) is 4.18. The van der Waals surface area contributed by atoms with Gasteiger partial charge in [0.25, 0.3) is 0 Å². The van der Waals surface area contributed by atoms with Crippen LogP contribution in [-0.4, -0.2) is 17.5 Å². The van der Waals surface area contributed by atoms with Gasteiger partial charge in [-0.2, -0.15) is 11.8 Å². The quantitative estimate of drug-likeness (QED) is 0.802. The van der Waals surface area contributed by atoms with Crippen LogP contribution in [0.5, 0.6) is 0 Å². The van der Waals surface area contributed by atoms with E-state index in [1.165, 1.54) is 0 Å². The zero-order valence-electron chi connectivity index (χ0n) is 9.60. The molecule has 0 radical (unpaired) electrons. The van der Waals surface area contributed by atoms with Gasteiger partial charge in [0, 0.05) is 17.0 Å². The number of nitrogens with two attached hydrogens (primary N) is 1. The van der Waals surface area contributed by atoms with Gasteiger partial charge in [-0.15, -0.1) is 0 Å². The summed E-state index contributed by atoms with van der Waals surface area (Å²) < 4.78 is 26.7. The van der Waals surface area contributed by atoms with Crippen molar-refractivity contribution in [1.29, 1.82) is 0 Å². The molecule has 0 amide bonds. The minimum Gasteiger partial charge on any atom is -0.399 e. The molecule has 0 saturated carbocycles. The molecule has 16 heavy (non-hydrogen) atoms. The Morgan fingerprint density at radius 3 is 2.25 bits per heavy atom. The molecule has 0 aliphatic carbocycles. The van der Waals surface area contributed by atoms with Crippen LogP contribution in [0.25, 0.3) is 0 Å². The molecule has 2 nitrogen and oxygen atoms in total. The van der Waals surface area contributed by atoms with Crippen molar-refractivity contribution >= 4 is 23.1 Å². The summed E-state index contributed by atoms with van der Waals surface area (Å²) >= 11 is 1.63. The fraction of sp³-hybridized carbons (Fsp3) is 0.455. The Hall–Kier alpha value is -0.970. The van der Waals surface area contributed by atoms with Crippen LogP contribution in [0.4, 0.5) is 20.2 Å². The topological polar surface area (TPSA) is 38.0 Å². The molecule has 90 valence electrons. The van der Waals surface area contributed by atoms with Crippen molar-refractivity contribution in [2.45, 2.75) is 18.6 Å². The van der Waals surface area contributed by atoms with Gasteiger partial charge in [-0.25, -0.2) is 8.78 Å². The second kappa shape index (κ2) is 4.91. The molecule has 0 heterocycles. The lowest BCUT2D eigenvalue weighted by Crippen LogP contribution is -2.26. The van der Waals surface area contributed by atoms with Crippen LogP contribution in [0.15, 0.2) is 12.1 Å². The zero-order chi connectivity index (χ0) is 12.3. The molecule has 0 saturated heterocycles. The van der Waals surface area contributed by atoms with Crippen molar-refractivity contribution in [3.05, 3.63) is 23.8 Å². The first-order valence-corrected chi connectivity index (χ1v) is 6.12. The lowest BCUT2D eigenvalue weighted by Gasteiger charge is -2.23. The molecule has 1 rings (SSSR count). The van der Waals surface area contributed by atoms with E-state index in [1.54, 1.807) is 11.8 Å². The van der Waals surface area contributed by atoms with Gasteiger partial charge in [0.2, 0.25) is 0 Å². The summed E-state index contributed by atoms with van der Waals surface area (Å²) in [4.78, 5) is 0. The standard InChI is InChI=1S/C11H16F2N2S/c1-11(2,16-3)6-15-10-8(12)4-7(14)5-9(10)13/h4-5,15H,6,14H2,1-3H3. The molecule has 5 heteroatoms. The predicted octanol–water partition coefficient (Wildman–Crippen LogP) is 3.10. The zero-order valence-corrected chi connectivity index (χ0v) is 10.4. The van der Waals surface area contributed by atoms with Gasteiger partial charge in [0.15, 0.2) is 11.6 Å². The number of hydrogen-bond acceptors (Lipinski definition) is 3. The van der Waals surface area contributed by atoms with E-state index in [1.807, 2.05) is 20.1 Å². The summed E-state index contributed by atoms with van der Waals surface area (Å²) in [5.41, 5.74) is 5.30. The van der Waals surface area contributed by atoms with E-state index in [4.69, 9.17) is 5.73 Å². The highest BCUT2D eigenvalue weighted by Gasteiger charge is 2.18. The van der Waals surface area contributed by atoms with Crippen LogP contribution >= 0.6 is 11.8 Å². The highest BCUT2D eigenvalue weighted by Crippen LogP contribution is 2.25. The Kier molecular flexibility index (Phi) is 4.02. The summed E-state index contributed by atoms with van der Waals surface area (Å²) in [5, 5.41) is 2.77. The van der Waals surface area contributed by atoms with Crippen molar-refractivity contribution in [2.75, 3.05) is 23.9 Å². The Morgan fingerprint density at radius 2 is 1.81 bits per heavy atom. The van der Waals surface area contributed by atoms with Gasteiger partial charge in [-0.1, -0.05) is 0 Å². The number of thioether (sulfide) groups is 1. The normalized spacial score (nSPS) is 11.6. The van der Waals surface area contributed by atoms with Crippen molar-refractivity contribution in [3.63, 3.8) is 0 Å². The maximum Gasteiger partial charge on any atom is 0.151 e.